The number of carbonyl (C=O) groups excluding carboxylic acids is 1. The standard InChI is InChI=1S/C34H31N5O2/c1-6-7-12-26(40)37-32-22(19-35)30-21(31-36-24-10-8-9-11-25(24)39(31)32)17-20-18-23-28-27(29(20)41-30)34(4,5)14-16-38(28)15-13-33(23,2)3/h1,8-11,17-18H,7,12-16H2,2-5H3. The van der Waals surface area contributed by atoms with Crippen molar-refractivity contribution in [2.75, 3.05) is 18.0 Å². The minimum Gasteiger partial charge on any atom is -0.454 e. The topological polar surface area (TPSA) is 86.9 Å². The number of nitrogens with zero attached hydrogens (tertiary/aromatic N) is 5. The smallest absolute Gasteiger partial charge is 0.248 e. The second-order valence-electron chi connectivity index (χ2n) is 12.6. The number of amides is 1. The van der Waals surface area contributed by atoms with Crippen LogP contribution >= 0.6 is 0 Å². The molecule has 0 spiro atoms. The Kier molecular flexibility index (Phi) is 5.37. The largest absolute Gasteiger partial charge is 0.454 e. The predicted octanol–water partition coefficient (Wildman–Crippen LogP) is 6.27. The number of fused-ring (bicyclic) bond motifs is 7. The molecule has 0 bridgehead atoms. The number of nitriles is 1. The molecule has 2 aliphatic heterocycles. The van der Waals surface area contributed by atoms with Crippen LogP contribution in [0.4, 0.5) is 5.69 Å². The zero-order valence-corrected chi connectivity index (χ0v) is 23.8. The van der Waals surface area contributed by atoms with Gasteiger partial charge in [-0.1, -0.05) is 39.8 Å². The summed E-state index contributed by atoms with van der Waals surface area (Å²) < 4.78 is 8.65. The summed E-state index contributed by atoms with van der Waals surface area (Å²) in [5.41, 5.74) is 7.42. The first kappa shape index (κ1) is 25.4. The van der Waals surface area contributed by atoms with Gasteiger partial charge in [0.1, 0.15) is 17.2 Å². The molecule has 7 heteroatoms. The molecule has 41 heavy (non-hydrogen) atoms. The Hall–Kier alpha value is -4.62. The van der Waals surface area contributed by atoms with E-state index in [1.807, 2.05) is 28.7 Å². The summed E-state index contributed by atoms with van der Waals surface area (Å²) in [7, 11) is 0. The molecule has 0 saturated heterocycles. The number of rotatable bonds is 2. The normalized spacial score (nSPS) is 17.6. The lowest BCUT2D eigenvalue weighted by atomic mass is 9.69. The van der Waals surface area contributed by atoms with Crippen LogP contribution in [0.1, 0.15) is 70.1 Å². The first-order valence-corrected chi connectivity index (χ1v) is 14.2. The molecular formula is C34H31N5O2. The van der Waals surface area contributed by atoms with Crippen molar-refractivity contribution >= 4 is 50.2 Å². The summed E-state index contributed by atoms with van der Waals surface area (Å²) in [6, 6.07) is 14.4. The lowest BCUT2D eigenvalue weighted by molar-refractivity contribution is -0.118. The minimum atomic E-state index is -0.387. The van der Waals surface area contributed by atoms with Crippen LogP contribution in [0.2, 0.25) is 0 Å². The Morgan fingerprint density at radius 1 is 1.12 bits per heavy atom. The summed E-state index contributed by atoms with van der Waals surface area (Å²) in [6.45, 7) is 11.2. The average molecular weight is 542 g/mol. The lowest BCUT2D eigenvalue weighted by Crippen LogP contribution is -2.44. The van der Waals surface area contributed by atoms with Crippen molar-refractivity contribution in [3.63, 3.8) is 0 Å². The Morgan fingerprint density at radius 2 is 1.88 bits per heavy atom. The molecule has 2 aromatic carbocycles. The Balaban J connectivity index is 1.69. The fourth-order valence-electron chi connectivity index (χ4n) is 6.71. The number of benzene rings is 2. The molecule has 3 aromatic heterocycles. The van der Waals surface area contributed by atoms with Crippen molar-refractivity contribution in [3.8, 4) is 18.4 Å². The fraction of sp³-hybridized carbons (Fsp3) is 0.353. The van der Waals surface area contributed by atoms with Crippen molar-refractivity contribution in [1.29, 1.82) is 5.26 Å². The summed E-state index contributed by atoms with van der Waals surface area (Å²) >= 11 is 0. The molecule has 0 radical (unpaired) electrons. The van der Waals surface area contributed by atoms with Crippen molar-refractivity contribution in [3.05, 3.63) is 58.6 Å². The number of carbonyl (C=O) groups is 1. The second-order valence-corrected chi connectivity index (χ2v) is 12.6. The highest BCUT2D eigenvalue weighted by molar-refractivity contribution is 6.04. The van der Waals surface area contributed by atoms with E-state index in [4.69, 9.17) is 15.8 Å². The molecule has 5 heterocycles. The minimum absolute atomic E-state index is 0.0216. The monoisotopic (exact) mass is 541 g/mol. The Morgan fingerprint density at radius 3 is 2.63 bits per heavy atom. The van der Waals surface area contributed by atoms with Gasteiger partial charge in [-0.25, -0.2) is 4.98 Å². The Labute approximate surface area is 238 Å². The molecule has 0 fully saturated rings. The summed E-state index contributed by atoms with van der Waals surface area (Å²) in [4.78, 5) is 24.8. The zero-order valence-electron chi connectivity index (χ0n) is 23.8. The van der Waals surface area contributed by atoms with E-state index in [9.17, 15) is 10.1 Å². The van der Waals surface area contributed by atoms with Crippen LogP contribution < -0.4 is 10.4 Å². The number of hydrogen-bond acceptors (Lipinski definition) is 5. The molecule has 0 saturated carbocycles. The molecule has 0 N–H and O–H groups in total. The van der Waals surface area contributed by atoms with E-state index in [-0.39, 0.29) is 40.6 Å². The van der Waals surface area contributed by atoms with Crippen LogP contribution in [0, 0.1) is 23.7 Å². The summed E-state index contributed by atoms with van der Waals surface area (Å²) in [5.74, 6) is 2.11. The third-order valence-corrected chi connectivity index (χ3v) is 9.05. The highest BCUT2D eigenvalue weighted by Gasteiger charge is 2.42. The molecule has 1 amide bonds. The van der Waals surface area contributed by atoms with Crippen molar-refractivity contribution < 1.29 is 9.21 Å². The van der Waals surface area contributed by atoms with Crippen molar-refractivity contribution in [2.45, 2.75) is 64.2 Å². The first-order valence-electron chi connectivity index (χ1n) is 14.2. The van der Waals surface area contributed by atoms with E-state index < -0.39 is 0 Å². The molecule has 0 atom stereocenters. The molecule has 204 valence electrons. The van der Waals surface area contributed by atoms with Gasteiger partial charge < -0.3 is 9.32 Å². The van der Waals surface area contributed by atoms with E-state index in [2.05, 4.69) is 61.7 Å². The van der Waals surface area contributed by atoms with Crippen LogP contribution in [-0.2, 0) is 15.6 Å². The molecule has 2 aliphatic rings. The third-order valence-electron chi connectivity index (χ3n) is 9.05. The van der Waals surface area contributed by atoms with Crippen LogP contribution in [0.15, 0.2) is 45.8 Å². The molecule has 0 unspecified atom stereocenters. The van der Waals surface area contributed by atoms with E-state index in [0.29, 0.717) is 16.6 Å². The molecular weight excluding hydrogens is 510 g/mol. The van der Waals surface area contributed by atoms with Gasteiger partial charge in [0.05, 0.1) is 16.4 Å². The maximum absolute atomic E-state index is 12.9. The number of aromatic nitrogens is 2. The van der Waals surface area contributed by atoms with Gasteiger partial charge in [-0.05, 0) is 53.5 Å². The van der Waals surface area contributed by atoms with Crippen LogP contribution in [0.25, 0.3) is 38.6 Å². The lowest BCUT2D eigenvalue weighted by Gasteiger charge is -2.48. The van der Waals surface area contributed by atoms with Crippen LogP contribution in [-0.4, -0.2) is 28.4 Å². The predicted molar refractivity (Wildman–Crippen MR) is 161 cm³/mol. The summed E-state index contributed by atoms with van der Waals surface area (Å²) in [6.07, 6.45) is 7.86. The quantitative estimate of drug-likeness (QED) is 0.194. The number of terminal acetylenes is 1. The maximum atomic E-state index is 12.9. The summed E-state index contributed by atoms with van der Waals surface area (Å²) in [5, 5.41) is 12.2. The molecule has 0 aliphatic carbocycles. The van der Waals surface area contributed by atoms with E-state index >= 15 is 0 Å². The number of imidazole rings is 1. The van der Waals surface area contributed by atoms with Gasteiger partial charge in [-0.2, -0.15) is 10.3 Å². The van der Waals surface area contributed by atoms with Gasteiger partial charge in [0, 0.05) is 42.6 Å². The SMILES string of the molecule is C#CCCC(=O)N=c1c(C#N)c2oc3c4c5c(cc3cc2c2nc3ccccc3n12)C(C)(C)CCN5CCC4(C)C. The molecule has 5 aromatic rings. The zero-order chi connectivity index (χ0) is 28.7. The number of anilines is 1. The van der Waals surface area contributed by atoms with Crippen molar-refractivity contribution in [1.82, 2.24) is 9.38 Å². The van der Waals surface area contributed by atoms with Gasteiger partial charge in [0.25, 0.3) is 0 Å². The first-order chi connectivity index (χ1) is 19.6. The fourth-order valence-corrected chi connectivity index (χ4v) is 6.71. The number of pyridine rings is 1. The number of para-hydroxylation sites is 2. The van der Waals surface area contributed by atoms with E-state index in [0.717, 1.165) is 47.9 Å². The maximum Gasteiger partial charge on any atom is 0.248 e. The van der Waals surface area contributed by atoms with Gasteiger partial charge in [0.2, 0.25) is 5.91 Å². The van der Waals surface area contributed by atoms with Gasteiger partial charge in [-0.3, -0.25) is 9.20 Å². The van der Waals surface area contributed by atoms with E-state index in [1.165, 1.54) is 16.8 Å². The third kappa shape index (κ3) is 3.62. The van der Waals surface area contributed by atoms with E-state index in [1.54, 1.807) is 0 Å². The highest BCUT2D eigenvalue weighted by Crippen LogP contribution is 2.52. The van der Waals surface area contributed by atoms with Gasteiger partial charge in [0.15, 0.2) is 16.7 Å². The number of hydrogen-bond donors (Lipinski definition) is 0. The van der Waals surface area contributed by atoms with Gasteiger partial charge in [-0.15, -0.1) is 12.3 Å². The molecule has 7 rings (SSSR count). The molecule has 7 nitrogen and oxygen atoms in total. The Bertz CT molecular complexity index is 2110. The van der Waals surface area contributed by atoms with Crippen LogP contribution in [0.5, 0.6) is 0 Å². The second kappa shape index (κ2) is 8.69. The van der Waals surface area contributed by atoms with Crippen molar-refractivity contribution in [2.24, 2.45) is 4.99 Å². The van der Waals surface area contributed by atoms with Gasteiger partial charge >= 0.3 is 0 Å². The highest BCUT2D eigenvalue weighted by atomic mass is 16.3. The average Bonchev–Trinajstić information content (AvgIpc) is 3.34. The van der Waals surface area contributed by atoms with Crippen LogP contribution in [0.3, 0.4) is 0 Å².